The van der Waals surface area contributed by atoms with Crippen molar-refractivity contribution in [1.82, 2.24) is 9.55 Å². The lowest BCUT2D eigenvalue weighted by molar-refractivity contribution is 0.460. The van der Waals surface area contributed by atoms with E-state index in [4.69, 9.17) is 0 Å². The molecule has 5 heteroatoms. The number of hydrogen-bond acceptors (Lipinski definition) is 2. The maximum Gasteiger partial charge on any atom is 0.207 e. The summed E-state index contributed by atoms with van der Waals surface area (Å²) in [5.41, 5.74) is 0.897. The van der Waals surface area contributed by atoms with E-state index < -0.39 is 0 Å². The van der Waals surface area contributed by atoms with Crippen molar-refractivity contribution in [2.45, 2.75) is 38.1 Å². The smallest absolute Gasteiger partial charge is 0.207 e. The normalized spacial score (nSPS) is 16.3. The molecule has 0 radical (unpaired) electrons. The van der Waals surface area contributed by atoms with Crippen LogP contribution in [-0.2, 0) is 0 Å². The van der Waals surface area contributed by atoms with Gasteiger partial charge < -0.3 is 5.32 Å². The summed E-state index contributed by atoms with van der Waals surface area (Å²) in [5, 5.41) is 3.50. The lowest BCUT2D eigenvalue weighted by Crippen LogP contribution is -2.24. The van der Waals surface area contributed by atoms with Crippen molar-refractivity contribution in [3.05, 3.63) is 40.9 Å². The van der Waals surface area contributed by atoms with Gasteiger partial charge in [0.25, 0.3) is 0 Å². The Balaban J connectivity index is 1.83. The van der Waals surface area contributed by atoms with E-state index in [1.165, 1.54) is 38.2 Å². The van der Waals surface area contributed by atoms with E-state index >= 15 is 0 Å². The van der Waals surface area contributed by atoms with E-state index in [1.807, 2.05) is 10.8 Å². The third-order valence-electron chi connectivity index (χ3n) is 3.76. The minimum atomic E-state index is -0.254. The van der Waals surface area contributed by atoms with Gasteiger partial charge in [0.2, 0.25) is 5.95 Å². The molecule has 3 rings (SSSR count). The first-order valence-electron chi connectivity index (χ1n) is 6.99. The Morgan fingerprint density at radius 1 is 1.25 bits per heavy atom. The average molecular weight is 338 g/mol. The number of nitrogens with one attached hydrogen (secondary N) is 1. The van der Waals surface area contributed by atoms with Crippen molar-refractivity contribution in [3.8, 4) is 5.69 Å². The summed E-state index contributed by atoms with van der Waals surface area (Å²) < 4.78 is 15.7. The number of halogens is 2. The van der Waals surface area contributed by atoms with Crippen LogP contribution in [0.5, 0.6) is 0 Å². The van der Waals surface area contributed by atoms with Crippen molar-refractivity contribution in [3.63, 3.8) is 0 Å². The van der Waals surface area contributed by atoms with E-state index in [1.54, 1.807) is 18.3 Å². The molecule has 1 aromatic heterocycles. The largest absolute Gasteiger partial charge is 0.353 e. The molecular formula is C15H17BrFN3. The molecule has 1 aliphatic carbocycles. The fraction of sp³-hybridized carbons (Fsp3) is 0.400. The van der Waals surface area contributed by atoms with E-state index in [0.717, 1.165) is 11.6 Å². The molecule has 20 heavy (non-hydrogen) atoms. The first kappa shape index (κ1) is 13.6. The van der Waals surface area contributed by atoms with E-state index in [2.05, 4.69) is 26.2 Å². The van der Waals surface area contributed by atoms with Gasteiger partial charge in [0, 0.05) is 24.1 Å². The number of aromatic nitrogens is 2. The molecule has 2 aromatic rings. The van der Waals surface area contributed by atoms with Crippen LogP contribution in [0.2, 0.25) is 0 Å². The molecule has 0 unspecified atom stereocenters. The zero-order valence-electron chi connectivity index (χ0n) is 11.1. The SMILES string of the molecule is Fc1ccc(-n2ccnc2NC2CCCCC2)cc1Br. The van der Waals surface area contributed by atoms with E-state index in [0.29, 0.717) is 10.5 Å². The Kier molecular flexibility index (Phi) is 4.05. The van der Waals surface area contributed by atoms with Crippen molar-refractivity contribution >= 4 is 21.9 Å². The first-order chi connectivity index (χ1) is 9.74. The van der Waals surface area contributed by atoms with Crippen LogP contribution in [0.15, 0.2) is 35.1 Å². The Morgan fingerprint density at radius 2 is 2.05 bits per heavy atom. The van der Waals surface area contributed by atoms with Crippen LogP contribution in [0.25, 0.3) is 5.69 Å². The number of hydrogen-bond donors (Lipinski definition) is 1. The number of rotatable bonds is 3. The zero-order chi connectivity index (χ0) is 13.9. The monoisotopic (exact) mass is 337 g/mol. The zero-order valence-corrected chi connectivity index (χ0v) is 12.7. The van der Waals surface area contributed by atoms with Gasteiger partial charge in [-0.15, -0.1) is 0 Å². The second-order valence-electron chi connectivity index (χ2n) is 5.20. The lowest BCUT2D eigenvalue weighted by atomic mass is 9.96. The maximum atomic E-state index is 13.3. The molecule has 0 saturated heterocycles. The minimum absolute atomic E-state index is 0.254. The van der Waals surface area contributed by atoms with Crippen molar-refractivity contribution in [2.75, 3.05) is 5.32 Å². The van der Waals surface area contributed by atoms with Crippen LogP contribution in [0.3, 0.4) is 0 Å². The van der Waals surface area contributed by atoms with Gasteiger partial charge >= 0.3 is 0 Å². The molecule has 1 fully saturated rings. The molecular weight excluding hydrogens is 321 g/mol. The molecule has 1 heterocycles. The molecule has 1 N–H and O–H groups in total. The second kappa shape index (κ2) is 5.95. The van der Waals surface area contributed by atoms with Gasteiger partial charge in [-0.2, -0.15) is 0 Å². The van der Waals surface area contributed by atoms with Gasteiger partial charge in [0.15, 0.2) is 0 Å². The summed E-state index contributed by atoms with van der Waals surface area (Å²) in [4.78, 5) is 4.38. The standard InChI is InChI=1S/C15H17BrFN3/c16-13-10-12(6-7-14(13)17)20-9-8-18-15(20)19-11-4-2-1-3-5-11/h6-11H,1-5H2,(H,18,19). The summed E-state index contributed by atoms with van der Waals surface area (Å²) >= 11 is 3.23. The molecule has 0 spiro atoms. The predicted octanol–water partition coefficient (Wildman–Crippen LogP) is 4.52. The van der Waals surface area contributed by atoms with Crippen LogP contribution in [-0.4, -0.2) is 15.6 Å². The number of anilines is 1. The van der Waals surface area contributed by atoms with E-state index in [9.17, 15) is 4.39 Å². The summed E-state index contributed by atoms with van der Waals surface area (Å²) in [6, 6.07) is 5.48. The summed E-state index contributed by atoms with van der Waals surface area (Å²) in [6.45, 7) is 0. The predicted molar refractivity (Wildman–Crippen MR) is 81.7 cm³/mol. The first-order valence-corrected chi connectivity index (χ1v) is 7.78. The fourth-order valence-electron chi connectivity index (χ4n) is 2.68. The molecule has 3 nitrogen and oxygen atoms in total. The van der Waals surface area contributed by atoms with Crippen molar-refractivity contribution in [1.29, 1.82) is 0 Å². The quantitative estimate of drug-likeness (QED) is 0.892. The molecule has 0 aliphatic heterocycles. The highest BCUT2D eigenvalue weighted by atomic mass is 79.9. The number of nitrogens with zero attached hydrogens (tertiary/aromatic N) is 2. The van der Waals surface area contributed by atoms with Crippen LogP contribution in [0.1, 0.15) is 32.1 Å². The Hall–Kier alpha value is -1.36. The van der Waals surface area contributed by atoms with Gasteiger partial charge in [-0.1, -0.05) is 19.3 Å². The summed E-state index contributed by atoms with van der Waals surface area (Å²) in [6.07, 6.45) is 9.94. The third kappa shape index (κ3) is 2.87. The molecule has 1 aliphatic rings. The third-order valence-corrected chi connectivity index (χ3v) is 4.37. The maximum absolute atomic E-state index is 13.3. The Bertz CT molecular complexity index is 591. The Morgan fingerprint density at radius 3 is 2.80 bits per heavy atom. The van der Waals surface area contributed by atoms with Crippen molar-refractivity contribution < 1.29 is 4.39 Å². The van der Waals surface area contributed by atoms with Gasteiger partial charge in [-0.05, 0) is 47.0 Å². The van der Waals surface area contributed by atoms with Gasteiger partial charge in [-0.25, -0.2) is 9.37 Å². The molecule has 0 atom stereocenters. The Labute approximate surface area is 126 Å². The average Bonchev–Trinajstić information content (AvgIpc) is 2.91. The van der Waals surface area contributed by atoms with Gasteiger partial charge in [0.1, 0.15) is 5.82 Å². The molecule has 106 valence electrons. The lowest BCUT2D eigenvalue weighted by Gasteiger charge is -2.23. The minimum Gasteiger partial charge on any atom is -0.353 e. The summed E-state index contributed by atoms with van der Waals surface area (Å²) in [5.74, 6) is 0.575. The second-order valence-corrected chi connectivity index (χ2v) is 6.05. The topological polar surface area (TPSA) is 29.9 Å². The van der Waals surface area contributed by atoms with Crippen LogP contribution >= 0.6 is 15.9 Å². The van der Waals surface area contributed by atoms with Crippen molar-refractivity contribution in [2.24, 2.45) is 0 Å². The molecule has 1 saturated carbocycles. The highest BCUT2D eigenvalue weighted by Crippen LogP contribution is 2.24. The van der Waals surface area contributed by atoms with Gasteiger partial charge in [-0.3, -0.25) is 4.57 Å². The molecule has 1 aromatic carbocycles. The van der Waals surface area contributed by atoms with Crippen LogP contribution in [0, 0.1) is 5.82 Å². The van der Waals surface area contributed by atoms with Gasteiger partial charge in [0.05, 0.1) is 4.47 Å². The highest BCUT2D eigenvalue weighted by molar-refractivity contribution is 9.10. The van der Waals surface area contributed by atoms with Crippen LogP contribution < -0.4 is 5.32 Å². The summed E-state index contributed by atoms with van der Waals surface area (Å²) in [7, 11) is 0. The highest BCUT2D eigenvalue weighted by Gasteiger charge is 2.15. The molecule has 0 amide bonds. The molecule has 0 bridgehead atoms. The fourth-order valence-corrected chi connectivity index (χ4v) is 3.05. The number of benzene rings is 1. The van der Waals surface area contributed by atoms with E-state index in [-0.39, 0.29) is 5.82 Å². The number of imidazole rings is 1. The van der Waals surface area contributed by atoms with Crippen LogP contribution in [0.4, 0.5) is 10.3 Å².